The summed E-state index contributed by atoms with van der Waals surface area (Å²) in [6.07, 6.45) is 2.61. The summed E-state index contributed by atoms with van der Waals surface area (Å²) in [7, 11) is 1.62. The molecule has 1 heterocycles. The first-order chi connectivity index (χ1) is 9.39. The first-order valence-electron chi connectivity index (χ1n) is 6.91. The molecule has 0 aromatic carbocycles. The Kier molecular flexibility index (Phi) is 5.95. The van der Waals surface area contributed by atoms with Crippen LogP contribution in [0.1, 0.15) is 43.2 Å². The van der Waals surface area contributed by atoms with Crippen molar-refractivity contribution >= 4 is 11.6 Å². The highest BCUT2D eigenvalue weighted by atomic mass is 16.5. The lowest BCUT2D eigenvalue weighted by Gasteiger charge is -2.25. The van der Waals surface area contributed by atoms with E-state index in [0.717, 1.165) is 24.3 Å². The fourth-order valence-corrected chi connectivity index (χ4v) is 1.92. The van der Waals surface area contributed by atoms with E-state index in [9.17, 15) is 4.79 Å². The molecule has 0 unspecified atom stereocenters. The summed E-state index contributed by atoms with van der Waals surface area (Å²) in [4.78, 5) is 16.6. The third-order valence-corrected chi connectivity index (χ3v) is 2.81. The van der Waals surface area contributed by atoms with Gasteiger partial charge in [0.25, 0.3) is 5.91 Å². The normalized spacial score (nSPS) is 11.2. The summed E-state index contributed by atoms with van der Waals surface area (Å²) in [6, 6.07) is 1.90. The van der Waals surface area contributed by atoms with Crippen molar-refractivity contribution in [3.8, 4) is 0 Å². The lowest BCUT2D eigenvalue weighted by atomic mass is 10.1. The van der Waals surface area contributed by atoms with Gasteiger partial charge in [0.05, 0.1) is 23.4 Å². The second kappa shape index (κ2) is 7.24. The molecule has 0 aliphatic rings. The molecule has 0 bridgehead atoms. The first-order valence-corrected chi connectivity index (χ1v) is 6.91. The summed E-state index contributed by atoms with van der Waals surface area (Å²) in [5.74, 6) is -0.141. The van der Waals surface area contributed by atoms with Crippen LogP contribution in [0.2, 0.25) is 0 Å². The molecule has 1 aromatic rings. The minimum Gasteiger partial charge on any atom is -0.384 e. The molecule has 0 fully saturated rings. The monoisotopic (exact) mass is 279 g/mol. The van der Waals surface area contributed by atoms with Gasteiger partial charge < -0.3 is 15.4 Å². The van der Waals surface area contributed by atoms with E-state index >= 15 is 0 Å². The van der Waals surface area contributed by atoms with Crippen LogP contribution in [0.3, 0.4) is 0 Å². The second-order valence-corrected chi connectivity index (χ2v) is 5.57. The molecule has 0 atom stereocenters. The van der Waals surface area contributed by atoms with Crippen LogP contribution in [-0.2, 0) is 4.74 Å². The molecule has 0 radical (unpaired) electrons. The van der Waals surface area contributed by atoms with Crippen molar-refractivity contribution in [2.75, 3.05) is 25.6 Å². The average Bonchev–Trinajstić information content (AvgIpc) is 2.35. The van der Waals surface area contributed by atoms with E-state index in [2.05, 4.69) is 22.5 Å². The van der Waals surface area contributed by atoms with E-state index < -0.39 is 5.54 Å². The van der Waals surface area contributed by atoms with Crippen LogP contribution in [0, 0.1) is 6.92 Å². The largest absolute Gasteiger partial charge is 0.384 e. The number of methoxy groups -OCH3 is 1. The van der Waals surface area contributed by atoms with Gasteiger partial charge in [-0.05, 0) is 33.3 Å². The third-order valence-electron chi connectivity index (χ3n) is 2.81. The van der Waals surface area contributed by atoms with Crippen LogP contribution in [-0.4, -0.2) is 36.7 Å². The number of nitrogens with one attached hydrogen (secondary N) is 2. The number of aryl methyl sites for hydroxylation is 1. The highest BCUT2D eigenvalue weighted by Gasteiger charge is 2.22. The molecule has 0 saturated heterocycles. The fourth-order valence-electron chi connectivity index (χ4n) is 1.92. The Morgan fingerprint density at radius 1 is 1.45 bits per heavy atom. The SMILES string of the molecule is CCCNc1cc(C)ncc1C(=O)NC(C)(C)COC. The molecular formula is C15H25N3O2. The molecule has 2 N–H and O–H groups in total. The first kappa shape index (κ1) is 16.4. The second-order valence-electron chi connectivity index (χ2n) is 5.57. The quantitative estimate of drug-likeness (QED) is 0.804. The third kappa shape index (κ3) is 4.81. The van der Waals surface area contributed by atoms with Gasteiger partial charge in [-0.1, -0.05) is 6.92 Å². The number of anilines is 1. The van der Waals surface area contributed by atoms with Gasteiger partial charge >= 0.3 is 0 Å². The Labute approximate surface area is 121 Å². The van der Waals surface area contributed by atoms with Crippen LogP contribution in [0.4, 0.5) is 5.69 Å². The van der Waals surface area contributed by atoms with Crippen LogP contribution < -0.4 is 10.6 Å². The molecule has 112 valence electrons. The van der Waals surface area contributed by atoms with Crippen LogP contribution in [0.5, 0.6) is 0 Å². The number of hydrogen-bond acceptors (Lipinski definition) is 4. The molecule has 1 aromatic heterocycles. The Morgan fingerprint density at radius 2 is 2.15 bits per heavy atom. The van der Waals surface area contributed by atoms with Crippen molar-refractivity contribution in [2.45, 2.75) is 39.7 Å². The summed E-state index contributed by atoms with van der Waals surface area (Å²) < 4.78 is 5.11. The molecule has 0 aliphatic carbocycles. The van der Waals surface area contributed by atoms with Gasteiger partial charge in [0.2, 0.25) is 0 Å². The molecule has 5 heteroatoms. The number of amides is 1. The Hall–Kier alpha value is -1.62. The number of rotatable bonds is 7. The summed E-state index contributed by atoms with van der Waals surface area (Å²) in [6.45, 7) is 9.13. The minimum atomic E-state index is -0.418. The predicted octanol–water partition coefficient (Wildman–Crippen LogP) is 2.37. The van der Waals surface area contributed by atoms with E-state index in [-0.39, 0.29) is 5.91 Å². The van der Waals surface area contributed by atoms with Gasteiger partial charge in [0.15, 0.2) is 0 Å². The van der Waals surface area contributed by atoms with Crippen LogP contribution in [0.25, 0.3) is 0 Å². The maximum atomic E-state index is 12.4. The van der Waals surface area contributed by atoms with E-state index in [4.69, 9.17) is 4.74 Å². The number of ether oxygens (including phenoxy) is 1. The van der Waals surface area contributed by atoms with E-state index in [0.29, 0.717) is 12.2 Å². The number of carbonyl (C=O) groups excluding carboxylic acids is 1. The number of hydrogen-bond donors (Lipinski definition) is 2. The number of pyridine rings is 1. The highest BCUT2D eigenvalue weighted by Crippen LogP contribution is 2.17. The average molecular weight is 279 g/mol. The van der Waals surface area contributed by atoms with E-state index in [1.165, 1.54) is 0 Å². The molecule has 1 amide bonds. The smallest absolute Gasteiger partial charge is 0.255 e. The lowest BCUT2D eigenvalue weighted by molar-refractivity contribution is 0.0820. The molecular weight excluding hydrogens is 254 g/mol. The van der Waals surface area contributed by atoms with E-state index in [1.54, 1.807) is 13.3 Å². The van der Waals surface area contributed by atoms with Crippen molar-refractivity contribution in [2.24, 2.45) is 0 Å². The number of aromatic nitrogens is 1. The van der Waals surface area contributed by atoms with Crippen LogP contribution >= 0.6 is 0 Å². The summed E-state index contributed by atoms with van der Waals surface area (Å²) in [5.41, 5.74) is 1.85. The van der Waals surface area contributed by atoms with Crippen molar-refractivity contribution in [1.82, 2.24) is 10.3 Å². The Balaban J connectivity index is 2.91. The Bertz CT molecular complexity index is 458. The van der Waals surface area contributed by atoms with Gasteiger partial charge in [-0.15, -0.1) is 0 Å². The number of nitrogens with zero attached hydrogens (tertiary/aromatic N) is 1. The fraction of sp³-hybridized carbons (Fsp3) is 0.600. The Morgan fingerprint density at radius 3 is 2.75 bits per heavy atom. The van der Waals surface area contributed by atoms with Crippen molar-refractivity contribution in [1.29, 1.82) is 0 Å². The molecule has 0 spiro atoms. The van der Waals surface area contributed by atoms with Gasteiger partial charge in [-0.3, -0.25) is 9.78 Å². The molecule has 0 aliphatic heterocycles. The zero-order valence-electron chi connectivity index (χ0n) is 13.0. The lowest BCUT2D eigenvalue weighted by Crippen LogP contribution is -2.47. The topological polar surface area (TPSA) is 63.2 Å². The zero-order valence-corrected chi connectivity index (χ0v) is 13.0. The van der Waals surface area contributed by atoms with Gasteiger partial charge in [-0.2, -0.15) is 0 Å². The molecule has 1 rings (SSSR count). The highest BCUT2D eigenvalue weighted by molar-refractivity contribution is 5.99. The van der Waals surface area contributed by atoms with Gasteiger partial charge in [-0.25, -0.2) is 0 Å². The van der Waals surface area contributed by atoms with Crippen molar-refractivity contribution in [3.63, 3.8) is 0 Å². The molecule has 0 saturated carbocycles. The van der Waals surface area contributed by atoms with Crippen molar-refractivity contribution in [3.05, 3.63) is 23.5 Å². The van der Waals surface area contributed by atoms with Gasteiger partial charge in [0.1, 0.15) is 0 Å². The maximum Gasteiger partial charge on any atom is 0.255 e. The van der Waals surface area contributed by atoms with E-state index in [1.807, 2.05) is 26.8 Å². The summed E-state index contributed by atoms with van der Waals surface area (Å²) in [5, 5.41) is 6.24. The standard InChI is InChI=1S/C15H25N3O2/c1-6-7-16-13-8-11(2)17-9-12(13)14(19)18-15(3,4)10-20-5/h8-9H,6-7,10H2,1-5H3,(H,16,17)(H,18,19). The number of carbonyl (C=O) groups is 1. The van der Waals surface area contributed by atoms with Crippen molar-refractivity contribution < 1.29 is 9.53 Å². The van der Waals surface area contributed by atoms with Crippen LogP contribution in [0.15, 0.2) is 12.3 Å². The minimum absolute atomic E-state index is 0.141. The maximum absolute atomic E-state index is 12.4. The molecule has 20 heavy (non-hydrogen) atoms. The molecule has 5 nitrogen and oxygen atoms in total. The zero-order chi connectivity index (χ0) is 15.2. The predicted molar refractivity (Wildman–Crippen MR) is 81.2 cm³/mol. The summed E-state index contributed by atoms with van der Waals surface area (Å²) >= 11 is 0. The van der Waals surface area contributed by atoms with Gasteiger partial charge in [0, 0.05) is 25.5 Å².